The molecule has 28 heavy (non-hydrogen) atoms. The molecule has 1 aromatic carbocycles. The molecular weight excluding hydrogens is 357 g/mol. The molecule has 148 valence electrons. The summed E-state index contributed by atoms with van der Waals surface area (Å²) in [4.78, 5) is 27.5. The molecule has 4 rings (SSSR count). The summed E-state index contributed by atoms with van der Waals surface area (Å²) in [6, 6.07) is 8.58. The van der Waals surface area contributed by atoms with Gasteiger partial charge in [0, 0.05) is 45.3 Å². The SMILES string of the molecule is CC1CCCN(c2cc(C(=O)N3CCN(c4ccccc4F)CC3)ncn2)C1. The first kappa shape index (κ1) is 18.7. The zero-order valence-electron chi connectivity index (χ0n) is 16.2. The number of piperazine rings is 1. The van der Waals surface area contributed by atoms with Gasteiger partial charge in [-0.15, -0.1) is 0 Å². The van der Waals surface area contributed by atoms with Crippen LogP contribution in [-0.2, 0) is 0 Å². The third-order valence-electron chi connectivity index (χ3n) is 5.61. The van der Waals surface area contributed by atoms with Crippen LogP contribution in [0.3, 0.4) is 0 Å². The molecule has 1 atom stereocenters. The molecule has 0 spiro atoms. The number of amides is 1. The van der Waals surface area contributed by atoms with Crippen molar-refractivity contribution in [3.8, 4) is 0 Å². The number of aromatic nitrogens is 2. The summed E-state index contributed by atoms with van der Waals surface area (Å²) in [5, 5.41) is 0. The molecule has 1 amide bonds. The summed E-state index contributed by atoms with van der Waals surface area (Å²) < 4.78 is 14.0. The first-order valence-corrected chi connectivity index (χ1v) is 9.97. The van der Waals surface area contributed by atoms with Crippen LogP contribution in [-0.4, -0.2) is 60.0 Å². The van der Waals surface area contributed by atoms with Crippen LogP contribution >= 0.6 is 0 Å². The van der Waals surface area contributed by atoms with Crippen LogP contribution in [0.5, 0.6) is 0 Å². The van der Waals surface area contributed by atoms with Crippen LogP contribution < -0.4 is 9.80 Å². The molecule has 7 heteroatoms. The summed E-state index contributed by atoms with van der Waals surface area (Å²) in [7, 11) is 0. The number of benzene rings is 1. The topological polar surface area (TPSA) is 52.6 Å². The molecule has 6 nitrogen and oxygen atoms in total. The highest BCUT2D eigenvalue weighted by molar-refractivity contribution is 5.93. The summed E-state index contributed by atoms with van der Waals surface area (Å²) in [6.45, 7) is 6.49. The Hall–Kier alpha value is -2.70. The number of carbonyl (C=O) groups is 1. The second-order valence-corrected chi connectivity index (χ2v) is 7.69. The van der Waals surface area contributed by atoms with Crippen molar-refractivity contribution in [2.45, 2.75) is 19.8 Å². The van der Waals surface area contributed by atoms with Crippen molar-refractivity contribution >= 4 is 17.4 Å². The average Bonchev–Trinajstić information content (AvgIpc) is 2.74. The molecule has 3 heterocycles. The Morgan fingerprint density at radius 3 is 2.61 bits per heavy atom. The van der Waals surface area contributed by atoms with Crippen molar-refractivity contribution in [2.75, 3.05) is 49.1 Å². The lowest BCUT2D eigenvalue weighted by molar-refractivity contribution is 0.0740. The maximum absolute atomic E-state index is 14.0. The Bertz CT molecular complexity index is 837. The van der Waals surface area contributed by atoms with E-state index in [0.29, 0.717) is 43.5 Å². The second kappa shape index (κ2) is 8.12. The van der Waals surface area contributed by atoms with Gasteiger partial charge in [0.2, 0.25) is 0 Å². The predicted octanol–water partition coefficient (Wildman–Crippen LogP) is 2.81. The monoisotopic (exact) mass is 383 g/mol. The van der Waals surface area contributed by atoms with Crippen LogP contribution in [0.2, 0.25) is 0 Å². The minimum atomic E-state index is -0.224. The number of anilines is 2. The first-order valence-electron chi connectivity index (χ1n) is 9.97. The molecule has 2 aliphatic rings. The number of halogens is 1. The quantitative estimate of drug-likeness (QED) is 0.816. The first-order chi connectivity index (χ1) is 13.6. The minimum absolute atomic E-state index is 0.0816. The van der Waals surface area contributed by atoms with Gasteiger partial charge in [-0.3, -0.25) is 4.79 Å². The van der Waals surface area contributed by atoms with E-state index in [1.165, 1.54) is 18.8 Å². The number of hydrogen-bond acceptors (Lipinski definition) is 5. The zero-order chi connectivity index (χ0) is 19.5. The fourth-order valence-electron chi connectivity index (χ4n) is 4.06. The number of piperidine rings is 1. The Labute approximate surface area is 165 Å². The van der Waals surface area contributed by atoms with Crippen LogP contribution in [0.4, 0.5) is 15.9 Å². The highest BCUT2D eigenvalue weighted by Crippen LogP contribution is 2.23. The summed E-state index contributed by atoms with van der Waals surface area (Å²) >= 11 is 0. The third kappa shape index (κ3) is 3.93. The number of carbonyl (C=O) groups excluding carboxylic acids is 1. The van der Waals surface area contributed by atoms with Gasteiger partial charge in [-0.05, 0) is 30.9 Å². The Balaban J connectivity index is 1.41. The maximum Gasteiger partial charge on any atom is 0.272 e. The summed E-state index contributed by atoms with van der Waals surface area (Å²) in [6.07, 6.45) is 3.86. The lowest BCUT2D eigenvalue weighted by Gasteiger charge is -2.36. The van der Waals surface area contributed by atoms with Gasteiger partial charge >= 0.3 is 0 Å². The van der Waals surface area contributed by atoms with Crippen LogP contribution in [0.25, 0.3) is 0 Å². The van der Waals surface area contributed by atoms with E-state index in [9.17, 15) is 9.18 Å². The number of nitrogens with zero attached hydrogens (tertiary/aromatic N) is 5. The highest BCUT2D eigenvalue weighted by atomic mass is 19.1. The third-order valence-corrected chi connectivity index (χ3v) is 5.61. The average molecular weight is 383 g/mol. The second-order valence-electron chi connectivity index (χ2n) is 7.69. The number of rotatable bonds is 3. The van der Waals surface area contributed by atoms with Crippen molar-refractivity contribution in [1.29, 1.82) is 0 Å². The van der Waals surface area contributed by atoms with E-state index in [2.05, 4.69) is 21.8 Å². The van der Waals surface area contributed by atoms with E-state index < -0.39 is 0 Å². The zero-order valence-corrected chi connectivity index (χ0v) is 16.2. The van der Waals surface area contributed by atoms with Crippen molar-refractivity contribution in [3.63, 3.8) is 0 Å². The van der Waals surface area contributed by atoms with Gasteiger partial charge in [0.1, 0.15) is 23.7 Å². The van der Waals surface area contributed by atoms with E-state index in [1.54, 1.807) is 17.0 Å². The van der Waals surface area contributed by atoms with E-state index >= 15 is 0 Å². The van der Waals surface area contributed by atoms with Crippen molar-refractivity contribution in [3.05, 3.63) is 48.2 Å². The van der Waals surface area contributed by atoms with E-state index in [-0.39, 0.29) is 11.7 Å². The van der Waals surface area contributed by atoms with Crippen LogP contribution in [0.15, 0.2) is 36.7 Å². The van der Waals surface area contributed by atoms with Gasteiger partial charge in [-0.1, -0.05) is 19.1 Å². The van der Waals surface area contributed by atoms with Gasteiger partial charge in [0.05, 0.1) is 5.69 Å². The Morgan fingerprint density at radius 1 is 1.07 bits per heavy atom. The van der Waals surface area contributed by atoms with Crippen LogP contribution in [0.1, 0.15) is 30.3 Å². The Kier molecular flexibility index (Phi) is 5.41. The summed E-state index contributed by atoms with van der Waals surface area (Å²) in [5.74, 6) is 1.16. The van der Waals surface area contributed by atoms with E-state index in [0.717, 1.165) is 25.3 Å². The molecular formula is C21H26FN5O. The maximum atomic E-state index is 14.0. The van der Waals surface area contributed by atoms with Gasteiger partial charge in [0.15, 0.2) is 0 Å². The van der Waals surface area contributed by atoms with E-state index in [1.807, 2.05) is 17.0 Å². The van der Waals surface area contributed by atoms with Gasteiger partial charge in [0.25, 0.3) is 5.91 Å². The minimum Gasteiger partial charge on any atom is -0.366 e. The molecule has 1 unspecified atom stereocenters. The summed E-state index contributed by atoms with van der Waals surface area (Å²) in [5.41, 5.74) is 1.03. The van der Waals surface area contributed by atoms with Crippen molar-refractivity contribution < 1.29 is 9.18 Å². The molecule has 0 saturated carbocycles. The van der Waals surface area contributed by atoms with Gasteiger partial charge in [-0.25, -0.2) is 14.4 Å². The molecule has 0 N–H and O–H groups in total. The fourth-order valence-corrected chi connectivity index (χ4v) is 4.06. The molecule has 0 aliphatic carbocycles. The highest BCUT2D eigenvalue weighted by Gasteiger charge is 2.25. The molecule has 2 aromatic rings. The largest absolute Gasteiger partial charge is 0.366 e. The van der Waals surface area contributed by atoms with Crippen molar-refractivity contribution in [2.24, 2.45) is 5.92 Å². The number of hydrogen-bond donors (Lipinski definition) is 0. The number of para-hydroxylation sites is 1. The van der Waals surface area contributed by atoms with E-state index in [4.69, 9.17) is 0 Å². The lowest BCUT2D eigenvalue weighted by Crippen LogP contribution is -2.49. The Morgan fingerprint density at radius 2 is 1.86 bits per heavy atom. The smallest absolute Gasteiger partial charge is 0.272 e. The van der Waals surface area contributed by atoms with Crippen molar-refractivity contribution in [1.82, 2.24) is 14.9 Å². The van der Waals surface area contributed by atoms with Gasteiger partial charge in [-0.2, -0.15) is 0 Å². The molecule has 2 fully saturated rings. The fraction of sp³-hybridized carbons (Fsp3) is 0.476. The molecule has 2 saturated heterocycles. The normalized spacial score (nSPS) is 20.4. The van der Waals surface area contributed by atoms with Crippen LogP contribution in [0, 0.1) is 11.7 Å². The molecule has 1 aromatic heterocycles. The van der Waals surface area contributed by atoms with Gasteiger partial charge < -0.3 is 14.7 Å². The standard InChI is InChI=1S/C21H26FN5O/c1-16-5-4-8-27(14-16)20-13-18(23-15-24-20)21(28)26-11-9-25(10-12-26)19-7-3-2-6-17(19)22/h2-3,6-7,13,15-16H,4-5,8-12,14H2,1H3. The molecule has 0 radical (unpaired) electrons. The molecule has 0 bridgehead atoms. The predicted molar refractivity (Wildman–Crippen MR) is 107 cm³/mol. The molecule has 2 aliphatic heterocycles. The lowest BCUT2D eigenvalue weighted by atomic mass is 10.0.